The van der Waals surface area contributed by atoms with Crippen molar-refractivity contribution in [2.75, 3.05) is 32.8 Å². The molecule has 3 nitrogen and oxygen atoms in total. The van der Waals surface area contributed by atoms with Crippen LogP contribution in [0.3, 0.4) is 0 Å². The first-order chi connectivity index (χ1) is 7.80. The molecule has 1 aliphatic rings. The Morgan fingerprint density at radius 1 is 1.19 bits per heavy atom. The molecular formula is C13H27NO2. The Kier molecular flexibility index (Phi) is 7.01. The summed E-state index contributed by atoms with van der Waals surface area (Å²) >= 11 is 0. The molecule has 0 bridgehead atoms. The molecule has 0 aromatic heterocycles. The molecule has 0 radical (unpaired) electrons. The Labute approximate surface area is 100 Å². The van der Waals surface area contributed by atoms with Gasteiger partial charge in [-0.05, 0) is 39.2 Å². The van der Waals surface area contributed by atoms with Crippen LogP contribution < -0.4 is 0 Å². The summed E-state index contributed by atoms with van der Waals surface area (Å²) in [4.78, 5) is 2.48. The Balaban J connectivity index is 2.24. The van der Waals surface area contributed by atoms with Gasteiger partial charge in [0.15, 0.2) is 6.29 Å². The minimum atomic E-state index is -0.0321. The molecular weight excluding hydrogens is 202 g/mol. The highest BCUT2D eigenvalue weighted by Gasteiger charge is 2.24. The molecule has 3 heteroatoms. The summed E-state index contributed by atoms with van der Waals surface area (Å²) in [5.74, 6) is 0.897. The van der Waals surface area contributed by atoms with Crippen LogP contribution in [0.4, 0.5) is 0 Å². The Hall–Kier alpha value is -0.120. The maximum Gasteiger partial charge on any atom is 0.170 e. The van der Waals surface area contributed by atoms with Crippen LogP contribution in [0.2, 0.25) is 0 Å². The number of ether oxygens (including phenoxy) is 2. The third-order valence-electron chi connectivity index (χ3n) is 3.18. The summed E-state index contributed by atoms with van der Waals surface area (Å²) in [7, 11) is 0. The summed E-state index contributed by atoms with van der Waals surface area (Å²) < 4.78 is 11.2. The number of nitrogens with zero attached hydrogens (tertiary/aromatic N) is 1. The molecule has 0 saturated carbocycles. The predicted molar refractivity (Wildman–Crippen MR) is 66.5 cm³/mol. The van der Waals surface area contributed by atoms with Gasteiger partial charge < -0.3 is 9.47 Å². The smallest absolute Gasteiger partial charge is 0.170 e. The first-order valence-corrected chi connectivity index (χ1v) is 6.75. The van der Waals surface area contributed by atoms with Crippen LogP contribution in [-0.2, 0) is 9.47 Å². The van der Waals surface area contributed by atoms with E-state index in [0.29, 0.717) is 0 Å². The van der Waals surface area contributed by atoms with Crippen molar-refractivity contribution in [3.63, 3.8) is 0 Å². The van der Waals surface area contributed by atoms with E-state index in [1.807, 2.05) is 13.8 Å². The van der Waals surface area contributed by atoms with Crippen molar-refractivity contribution in [2.24, 2.45) is 5.92 Å². The first kappa shape index (κ1) is 13.9. The van der Waals surface area contributed by atoms with Gasteiger partial charge in [-0.25, -0.2) is 0 Å². The highest BCUT2D eigenvalue weighted by atomic mass is 16.7. The molecule has 1 aliphatic heterocycles. The zero-order valence-corrected chi connectivity index (χ0v) is 11.1. The lowest BCUT2D eigenvalue weighted by Gasteiger charge is -2.23. The molecule has 0 N–H and O–H groups in total. The molecule has 0 amide bonds. The van der Waals surface area contributed by atoms with Crippen LogP contribution in [0.5, 0.6) is 0 Å². The van der Waals surface area contributed by atoms with E-state index < -0.39 is 0 Å². The van der Waals surface area contributed by atoms with Gasteiger partial charge in [-0.15, -0.1) is 0 Å². The third-order valence-corrected chi connectivity index (χ3v) is 3.18. The normalized spacial score (nSPS) is 22.1. The van der Waals surface area contributed by atoms with E-state index >= 15 is 0 Å². The van der Waals surface area contributed by atoms with Gasteiger partial charge in [0, 0.05) is 26.3 Å². The van der Waals surface area contributed by atoms with Crippen LogP contribution in [0.1, 0.15) is 40.0 Å². The van der Waals surface area contributed by atoms with Gasteiger partial charge in [0.1, 0.15) is 0 Å². The van der Waals surface area contributed by atoms with Crippen molar-refractivity contribution in [3.8, 4) is 0 Å². The van der Waals surface area contributed by atoms with Gasteiger partial charge in [0.2, 0.25) is 0 Å². The Morgan fingerprint density at radius 3 is 2.44 bits per heavy atom. The highest BCUT2D eigenvalue weighted by Crippen LogP contribution is 2.21. The number of hydrogen-bond donors (Lipinski definition) is 0. The SMILES string of the molecule is CCCC1CCN(CC(OCC)OCC)C1. The summed E-state index contributed by atoms with van der Waals surface area (Å²) in [6, 6.07) is 0. The molecule has 1 rings (SSSR count). The second-order valence-corrected chi connectivity index (χ2v) is 4.54. The van der Waals surface area contributed by atoms with Gasteiger partial charge in [0.25, 0.3) is 0 Å². The average molecular weight is 229 g/mol. The molecule has 96 valence electrons. The number of hydrogen-bond acceptors (Lipinski definition) is 3. The molecule has 1 saturated heterocycles. The van der Waals surface area contributed by atoms with E-state index in [-0.39, 0.29) is 6.29 Å². The predicted octanol–water partition coefficient (Wildman–Crippen LogP) is 2.51. The molecule has 1 heterocycles. The standard InChI is InChI=1S/C13H27NO2/c1-4-7-12-8-9-14(10-12)11-13(15-5-2)16-6-3/h12-13H,4-11H2,1-3H3. The summed E-state index contributed by atoms with van der Waals surface area (Å²) in [5, 5.41) is 0. The van der Waals surface area contributed by atoms with Gasteiger partial charge in [-0.3, -0.25) is 4.90 Å². The zero-order chi connectivity index (χ0) is 11.8. The lowest BCUT2D eigenvalue weighted by Crippen LogP contribution is -2.34. The summed E-state index contributed by atoms with van der Waals surface area (Å²) in [5.41, 5.74) is 0. The lowest BCUT2D eigenvalue weighted by molar-refractivity contribution is -0.145. The number of likely N-dealkylation sites (tertiary alicyclic amines) is 1. The molecule has 1 atom stereocenters. The van der Waals surface area contributed by atoms with Crippen LogP contribution in [0.15, 0.2) is 0 Å². The molecule has 1 fully saturated rings. The average Bonchev–Trinajstić information content (AvgIpc) is 2.67. The second-order valence-electron chi connectivity index (χ2n) is 4.54. The summed E-state index contributed by atoms with van der Waals surface area (Å²) in [6.45, 7) is 11.2. The molecule has 0 aromatic rings. The third kappa shape index (κ3) is 4.81. The van der Waals surface area contributed by atoms with Crippen LogP contribution >= 0.6 is 0 Å². The fraction of sp³-hybridized carbons (Fsp3) is 1.00. The maximum absolute atomic E-state index is 5.58. The van der Waals surface area contributed by atoms with Crippen molar-refractivity contribution in [1.82, 2.24) is 4.90 Å². The monoisotopic (exact) mass is 229 g/mol. The topological polar surface area (TPSA) is 21.7 Å². The molecule has 0 aliphatic carbocycles. The minimum absolute atomic E-state index is 0.0321. The lowest BCUT2D eigenvalue weighted by atomic mass is 10.0. The fourth-order valence-electron chi connectivity index (χ4n) is 2.46. The van der Waals surface area contributed by atoms with Crippen molar-refractivity contribution >= 4 is 0 Å². The van der Waals surface area contributed by atoms with E-state index in [0.717, 1.165) is 25.7 Å². The van der Waals surface area contributed by atoms with Crippen LogP contribution in [0, 0.1) is 5.92 Å². The Morgan fingerprint density at radius 2 is 1.88 bits per heavy atom. The van der Waals surface area contributed by atoms with E-state index in [1.54, 1.807) is 0 Å². The second kappa shape index (κ2) is 8.04. The van der Waals surface area contributed by atoms with E-state index in [1.165, 1.54) is 32.4 Å². The first-order valence-electron chi connectivity index (χ1n) is 6.75. The quantitative estimate of drug-likeness (QED) is 0.597. The minimum Gasteiger partial charge on any atom is -0.352 e. The van der Waals surface area contributed by atoms with Crippen molar-refractivity contribution < 1.29 is 9.47 Å². The van der Waals surface area contributed by atoms with E-state index in [4.69, 9.17) is 9.47 Å². The van der Waals surface area contributed by atoms with Gasteiger partial charge in [-0.1, -0.05) is 13.3 Å². The molecule has 1 unspecified atom stereocenters. The maximum atomic E-state index is 5.58. The highest BCUT2D eigenvalue weighted by molar-refractivity contribution is 4.75. The fourth-order valence-corrected chi connectivity index (χ4v) is 2.46. The largest absolute Gasteiger partial charge is 0.352 e. The zero-order valence-electron chi connectivity index (χ0n) is 11.1. The number of rotatable bonds is 8. The molecule has 0 spiro atoms. The van der Waals surface area contributed by atoms with Gasteiger partial charge >= 0.3 is 0 Å². The summed E-state index contributed by atoms with van der Waals surface area (Å²) in [6.07, 6.45) is 3.98. The molecule has 0 aromatic carbocycles. The van der Waals surface area contributed by atoms with Crippen LogP contribution in [0.25, 0.3) is 0 Å². The molecule has 16 heavy (non-hydrogen) atoms. The van der Waals surface area contributed by atoms with Crippen molar-refractivity contribution in [1.29, 1.82) is 0 Å². The van der Waals surface area contributed by atoms with E-state index in [9.17, 15) is 0 Å². The van der Waals surface area contributed by atoms with Crippen LogP contribution in [-0.4, -0.2) is 44.0 Å². The van der Waals surface area contributed by atoms with Crippen molar-refractivity contribution in [2.45, 2.75) is 46.3 Å². The Bertz CT molecular complexity index is 169. The van der Waals surface area contributed by atoms with Gasteiger partial charge in [-0.2, -0.15) is 0 Å². The van der Waals surface area contributed by atoms with Gasteiger partial charge in [0.05, 0.1) is 0 Å². The van der Waals surface area contributed by atoms with Crippen molar-refractivity contribution in [3.05, 3.63) is 0 Å². The van der Waals surface area contributed by atoms with E-state index in [2.05, 4.69) is 11.8 Å².